The van der Waals surface area contributed by atoms with Gasteiger partial charge in [0.2, 0.25) is 0 Å². The van der Waals surface area contributed by atoms with Gasteiger partial charge in [-0.1, -0.05) is 27.2 Å². The summed E-state index contributed by atoms with van der Waals surface area (Å²) in [6.45, 7) is 9.03. The van der Waals surface area contributed by atoms with Gasteiger partial charge in [0.25, 0.3) is 0 Å². The maximum absolute atomic E-state index is 6.09. The summed E-state index contributed by atoms with van der Waals surface area (Å²) in [4.78, 5) is 2.55. The number of hydrogen-bond acceptors (Lipinski definition) is 2. The minimum atomic E-state index is 0.306. The fourth-order valence-electron chi connectivity index (χ4n) is 3.22. The van der Waals surface area contributed by atoms with Crippen LogP contribution in [-0.2, 0) is 0 Å². The van der Waals surface area contributed by atoms with Crippen LogP contribution in [0.2, 0.25) is 0 Å². The van der Waals surface area contributed by atoms with Gasteiger partial charge in [-0.25, -0.2) is 0 Å². The van der Waals surface area contributed by atoms with Crippen LogP contribution < -0.4 is 5.73 Å². The van der Waals surface area contributed by atoms with E-state index in [0.717, 1.165) is 18.4 Å². The highest BCUT2D eigenvalue weighted by Gasteiger charge is 2.37. The topological polar surface area (TPSA) is 29.3 Å². The number of rotatable bonds is 6. The van der Waals surface area contributed by atoms with Gasteiger partial charge >= 0.3 is 0 Å². The molecule has 0 spiro atoms. The van der Waals surface area contributed by atoms with E-state index in [2.05, 4.69) is 32.7 Å². The van der Waals surface area contributed by atoms with Crippen LogP contribution in [0.5, 0.6) is 0 Å². The van der Waals surface area contributed by atoms with Gasteiger partial charge < -0.3 is 5.73 Å². The lowest BCUT2D eigenvalue weighted by Crippen LogP contribution is -2.54. The quantitative estimate of drug-likeness (QED) is 0.772. The van der Waals surface area contributed by atoms with Crippen LogP contribution in [0, 0.1) is 11.8 Å². The summed E-state index contributed by atoms with van der Waals surface area (Å²) in [6.07, 6.45) is 7.90. The van der Waals surface area contributed by atoms with E-state index in [9.17, 15) is 0 Å². The second-order valence-electron chi connectivity index (χ2n) is 6.29. The van der Waals surface area contributed by atoms with Crippen molar-refractivity contribution in [2.24, 2.45) is 17.6 Å². The molecular weight excluding hydrogens is 208 g/mol. The second kappa shape index (κ2) is 6.75. The van der Waals surface area contributed by atoms with Crippen molar-refractivity contribution in [2.45, 2.75) is 64.8 Å². The van der Waals surface area contributed by atoms with Crippen molar-refractivity contribution in [3.63, 3.8) is 0 Å². The van der Waals surface area contributed by atoms with Crippen molar-refractivity contribution in [1.82, 2.24) is 4.90 Å². The molecular formula is C15H32N2. The first-order valence-electron chi connectivity index (χ1n) is 7.47. The molecule has 0 aromatic carbocycles. The van der Waals surface area contributed by atoms with Crippen LogP contribution in [0.4, 0.5) is 0 Å². The van der Waals surface area contributed by atoms with E-state index in [0.29, 0.717) is 5.54 Å². The predicted molar refractivity (Wildman–Crippen MR) is 76.1 cm³/mol. The molecule has 2 heteroatoms. The Morgan fingerprint density at radius 3 is 2.29 bits per heavy atom. The van der Waals surface area contributed by atoms with Crippen molar-refractivity contribution < 1.29 is 0 Å². The molecule has 0 amide bonds. The SMILES string of the molecule is CCCCN(C)C1(CN)CCC(C(C)C)CC1. The third-order valence-electron chi connectivity index (χ3n) is 4.94. The fraction of sp³-hybridized carbons (Fsp3) is 1.00. The molecule has 0 saturated heterocycles. The molecule has 0 aromatic heterocycles. The molecule has 2 nitrogen and oxygen atoms in total. The van der Waals surface area contributed by atoms with Gasteiger partial charge in [0, 0.05) is 12.1 Å². The summed E-state index contributed by atoms with van der Waals surface area (Å²) in [5.74, 6) is 1.76. The highest BCUT2D eigenvalue weighted by molar-refractivity contribution is 4.95. The molecule has 0 unspecified atom stereocenters. The van der Waals surface area contributed by atoms with E-state index in [4.69, 9.17) is 5.73 Å². The third-order valence-corrected chi connectivity index (χ3v) is 4.94. The standard InChI is InChI=1S/C15H32N2/c1-5-6-11-17(4)15(12-16)9-7-14(8-10-15)13(2)3/h13-14H,5-12,16H2,1-4H3. The molecule has 1 rings (SSSR count). The highest BCUT2D eigenvalue weighted by Crippen LogP contribution is 2.38. The van der Waals surface area contributed by atoms with Gasteiger partial charge in [-0.2, -0.15) is 0 Å². The molecule has 0 aromatic rings. The maximum Gasteiger partial charge on any atom is 0.0328 e. The first kappa shape index (κ1) is 15.0. The van der Waals surface area contributed by atoms with Crippen LogP contribution in [0.1, 0.15) is 59.3 Å². The molecule has 0 aliphatic heterocycles. The third kappa shape index (κ3) is 3.69. The van der Waals surface area contributed by atoms with Crippen molar-refractivity contribution in [2.75, 3.05) is 20.1 Å². The predicted octanol–water partition coefficient (Wildman–Crippen LogP) is 3.26. The number of nitrogens with zero attached hydrogens (tertiary/aromatic N) is 1. The molecule has 1 aliphatic rings. The molecule has 17 heavy (non-hydrogen) atoms. The Kier molecular flexibility index (Phi) is 5.94. The largest absolute Gasteiger partial charge is 0.329 e. The first-order chi connectivity index (χ1) is 8.05. The lowest BCUT2D eigenvalue weighted by atomic mass is 9.72. The van der Waals surface area contributed by atoms with Crippen LogP contribution in [0.15, 0.2) is 0 Å². The van der Waals surface area contributed by atoms with Crippen molar-refractivity contribution >= 4 is 0 Å². The van der Waals surface area contributed by atoms with Gasteiger partial charge in [0.1, 0.15) is 0 Å². The van der Waals surface area contributed by atoms with Gasteiger partial charge in [-0.05, 0) is 57.5 Å². The van der Waals surface area contributed by atoms with Crippen molar-refractivity contribution in [1.29, 1.82) is 0 Å². The number of likely N-dealkylation sites (N-methyl/N-ethyl adjacent to an activating group) is 1. The lowest BCUT2D eigenvalue weighted by molar-refractivity contribution is 0.0545. The molecule has 0 atom stereocenters. The van der Waals surface area contributed by atoms with Crippen molar-refractivity contribution in [3.8, 4) is 0 Å². The Bertz CT molecular complexity index is 205. The molecule has 1 fully saturated rings. The molecule has 0 radical (unpaired) electrons. The lowest BCUT2D eigenvalue weighted by Gasteiger charge is -2.47. The van der Waals surface area contributed by atoms with Gasteiger partial charge in [-0.15, -0.1) is 0 Å². The zero-order chi connectivity index (χ0) is 12.9. The Morgan fingerprint density at radius 1 is 1.29 bits per heavy atom. The molecule has 0 heterocycles. The van der Waals surface area contributed by atoms with Gasteiger partial charge in [0.15, 0.2) is 0 Å². The smallest absolute Gasteiger partial charge is 0.0328 e. The number of nitrogens with two attached hydrogens (primary N) is 1. The zero-order valence-corrected chi connectivity index (χ0v) is 12.3. The van der Waals surface area contributed by atoms with Crippen LogP contribution in [0.3, 0.4) is 0 Å². The molecule has 2 N–H and O–H groups in total. The maximum atomic E-state index is 6.09. The highest BCUT2D eigenvalue weighted by atomic mass is 15.2. The van der Waals surface area contributed by atoms with E-state index in [1.165, 1.54) is 45.1 Å². The summed E-state index contributed by atoms with van der Waals surface area (Å²) in [7, 11) is 2.28. The first-order valence-corrected chi connectivity index (χ1v) is 7.47. The molecule has 0 bridgehead atoms. The Balaban J connectivity index is 2.54. The molecule has 1 aliphatic carbocycles. The minimum absolute atomic E-state index is 0.306. The number of unbranched alkanes of at least 4 members (excludes halogenated alkanes) is 1. The van der Waals surface area contributed by atoms with E-state index in [-0.39, 0.29) is 0 Å². The van der Waals surface area contributed by atoms with E-state index in [1.54, 1.807) is 0 Å². The normalized spacial score (nSPS) is 30.2. The van der Waals surface area contributed by atoms with E-state index in [1.807, 2.05) is 0 Å². The fourth-order valence-corrected chi connectivity index (χ4v) is 3.22. The van der Waals surface area contributed by atoms with Gasteiger partial charge in [0.05, 0.1) is 0 Å². The average molecular weight is 240 g/mol. The average Bonchev–Trinajstić information content (AvgIpc) is 2.35. The summed E-state index contributed by atoms with van der Waals surface area (Å²) in [5.41, 5.74) is 6.40. The monoisotopic (exact) mass is 240 g/mol. The van der Waals surface area contributed by atoms with Crippen LogP contribution >= 0.6 is 0 Å². The summed E-state index contributed by atoms with van der Waals surface area (Å²) < 4.78 is 0. The van der Waals surface area contributed by atoms with Crippen LogP contribution in [0.25, 0.3) is 0 Å². The summed E-state index contributed by atoms with van der Waals surface area (Å²) >= 11 is 0. The number of hydrogen-bond donors (Lipinski definition) is 1. The summed E-state index contributed by atoms with van der Waals surface area (Å²) in [5, 5.41) is 0. The van der Waals surface area contributed by atoms with Crippen LogP contribution in [-0.4, -0.2) is 30.6 Å². The zero-order valence-electron chi connectivity index (χ0n) is 12.3. The Hall–Kier alpha value is -0.0800. The molecule has 1 saturated carbocycles. The Morgan fingerprint density at radius 2 is 1.88 bits per heavy atom. The van der Waals surface area contributed by atoms with Crippen molar-refractivity contribution in [3.05, 3.63) is 0 Å². The second-order valence-corrected chi connectivity index (χ2v) is 6.29. The summed E-state index contributed by atoms with van der Waals surface area (Å²) in [6, 6.07) is 0. The molecule has 102 valence electrons. The minimum Gasteiger partial charge on any atom is -0.329 e. The Labute approximate surface area is 108 Å². The van der Waals surface area contributed by atoms with E-state index < -0.39 is 0 Å². The van der Waals surface area contributed by atoms with Gasteiger partial charge in [-0.3, -0.25) is 4.90 Å². The van der Waals surface area contributed by atoms with E-state index >= 15 is 0 Å².